The smallest absolute Gasteiger partial charge is 0.265 e. The van der Waals surface area contributed by atoms with Crippen LogP contribution in [-0.2, 0) is 16.6 Å². The molecule has 1 fully saturated rings. The fraction of sp³-hybridized carbons (Fsp3) is 0.391. The zero-order valence-corrected chi connectivity index (χ0v) is 19.1. The van der Waals surface area contributed by atoms with Gasteiger partial charge in [0, 0.05) is 42.7 Å². The first-order valence-corrected chi connectivity index (χ1v) is 11.9. The van der Waals surface area contributed by atoms with Crippen molar-refractivity contribution in [3.05, 3.63) is 53.8 Å². The molecule has 1 aromatic heterocycles. The molecule has 0 saturated carbocycles. The third-order valence-electron chi connectivity index (χ3n) is 5.76. The molecule has 0 unspecified atom stereocenters. The quantitative estimate of drug-likeness (QED) is 0.604. The lowest BCUT2D eigenvalue weighted by molar-refractivity contribution is 0.139. The molecule has 0 amide bonds. The van der Waals surface area contributed by atoms with Gasteiger partial charge in [0.2, 0.25) is 0 Å². The van der Waals surface area contributed by atoms with Crippen molar-refractivity contribution in [2.45, 2.75) is 44.3 Å². The van der Waals surface area contributed by atoms with Crippen molar-refractivity contribution in [1.29, 1.82) is 0 Å². The zero-order chi connectivity index (χ0) is 22.2. The molecule has 166 valence electrons. The number of hydrogen-bond acceptors (Lipinski definition) is 6. The van der Waals surface area contributed by atoms with Crippen LogP contribution in [0.15, 0.2) is 52.0 Å². The Morgan fingerprint density at radius 2 is 2.03 bits per heavy atom. The van der Waals surface area contributed by atoms with E-state index >= 15 is 0 Å². The van der Waals surface area contributed by atoms with Gasteiger partial charge in [0.1, 0.15) is 16.2 Å². The lowest BCUT2D eigenvalue weighted by atomic mass is 10.1. The molecule has 7 nitrogen and oxygen atoms in total. The van der Waals surface area contributed by atoms with E-state index in [1.54, 1.807) is 24.5 Å². The highest BCUT2D eigenvalue weighted by atomic mass is 32.2. The van der Waals surface area contributed by atoms with E-state index in [0.29, 0.717) is 30.1 Å². The van der Waals surface area contributed by atoms with Gasteiger partial charge in [-0.2, -0.15) is 0 Å². The third-order valence-corrected chi connectivity index (χ3v) is 7.16. The van der Waals surface area contributed by atoms with Crippen molar-refractivity contribution in [2.75, 3.05) is 24.9 Å². The lowest BCUT2D eigenvalue weighted by Crippen LogP contribution is -2.53. The summed E-state index contributed by atoms with van der Waals surface area (Å²) in [7, 11) is -2.36. The van der Waals surface area contributed by atoms with Crippen LogP contribution in [0.2, 0.25) is 0 Å². The Labute approximate surface area is 183 Å². The van der Waals surface area contributed by atoms with Crippen LogP contribution in [0.5, 0.6) is 5.75 Å². The second-order valence-corrected chi connectivity index (χ2v) is 9.97. The average Bonchev–Trinajstić information content (AvgIpc) is 3.19. The summed E-state index contributed by atoms with van der Waals surface area (Å²) < 4.78 is 40.1. The predicted molar refractivity (Wildman–Crippen MR) is 122 cm³/mol. The number of hydrogen-bond donors (Lipinski definition) is 2. The first-order valence-electron chi connectivity index (χ1n) is 10.4. The molecule has 8 heteroatoms. The number of benzene rings is 2. The Morgan fingerprint density at radius 1 is 1.23 bits per heavy atom. The number of aryl methyl sites for hydroxylation is 1. The lowest BCUT2D eigenvalue weighted by Gasteiger charge is -2.37. The standard InChI is InChI=1S/C23H29N3O4S/c1-15-5-6-21(29-4)22(9-15)31(27,28)25-20-10-18-7-8-30-23(18)19(11-20)14-26-13-16(2)24-12-17(26)3/h5-11,16-17,24-25H,12-14H2,1-4H3/t16-,17+/m1/s1. The van der Waals surface area contributed by atoms with E-state index in [9.17, 15) is 8.42 Å². The fourth-order valence-corrected chi connectivity index (χ4v) is 5.37. The van der Waals surface area contributed by atoms with Crippen molar-refractivity contribution in [2.24, 2.45) is 0 Å². The highest BCUT2D eigenvalue weighted by Gasteiger charge is 2.25. The van der Waals surface area contributed by atoms with Crippen LogP contribution in [0, 0.1) is 6.92 Å². The van der Waals surface area contributed by atoms with E-state index in [0.717, 1.165) is 35.2 Å². The summed E-state index contributed by atoms with van der Waals surface area (Å²) in [6.45, 7) is 8.72. The van der Waals surface area contributed by atoms with E-state index in [-0.39, 0.29) is 4.90 Å². The predicted octanol–water partition coefficient (Wildman–Crippen LogP) is 3.73. The Kier molecular flexibility index (Phi) is 5.96. The first kappa shape index (κ1) is 21.7. The summed E-state index contributed by atoms with van der Waals surface area (Å²) in [5, 5.41) is 4.35. The van der Waals surface area contributed by atoms with E-state index in [1.807, 2.05) is 25.1 Å². The molecule has 1 aliphatic heterocycles. The van der Waals surface area contributed by atoms with Gasteiger partial charge in [0.05, 0.1) is 19.1 Å². The van der Waals surface area contributed by atoms with Crippen LogP contribution in [-0.4, -0.2) is 45.6 Å². The van der Waals surface area contributed by atoms with Crippen LogP contribution >= 0.6 is 0 Å². The Bertz CT molecular complexity index is 1190. The maximum Gasteiger partial charge on any atom is 0.265 e. The second-order valence-electron chi connectivity index (χ2n) is 8.32. The molecular formula is C23H29N3O4S. The van der Waals surface area contributed by atoms with Crippen LogP contribution in [0.25, 0.3) is 11.0 Å². The molecule has 2 heterocycles. The van der Waals surface area contributed by atoms with Crippen molar-refractivity contribution in [1.82, 2.24) is 10.2 Å². The highest BCUT2D eigenvalue weighted by molar-refractivity contribution is 7.92. The average molecular weight is 444 g/mol. The topological polar surface area (TPSA) is 83.8 Å². The summed E-state index contributed by atoms with van der Waals surface area (Å²) in [6.07, 6.45) is 1.64. The normalized spacial score (nSPS) is 20.1. The largest absolute Gasteiger partial charge is 0.495 e. The van der Waals surface area contributed by atoms with Crippen molar-refractivity contribution in [3.63, 3.8) is 0 Å². The van der Waals surface area contributed by atoms with Crippen LogP contribution in [0.3, 0.4) is 0 Å². The number of anilines is 1. The number of nitrogens with one attached hydrogen (secondary N) is 2. The summed E-state index contributed by atoms with van der Waals surface area (Å²) >= 11 is 0. The van der Waals surface area contributed by atoms with E-state index in [4.69, 9.17) is 9.15 Å². The number of sulfonamides is 1. The number of fused-ring (bicyclic) bond motifs is 1. The Balaban J connectivity index is 1.68. The molecule has 0 radical (unpaired) electrons. The minimum absolute atomic E-state index is 0.119. The van der Waals surface area contributed by atoms with Gasteiger partial charge in [0.25, 0.3) is 10.0 Å². The second kappa shape index (κ2) is 8.53. The zero-order valence-electron chi connectivity index (χ0n) is 18.3. The summed E-state index contributed by atoms with van der Waals surface area (Å²) in [6, 6.07) is 11.4. The Hall–Kier alpha value is -2.55. The number of rotatable bonds is 6. The SMILES string of the molecule is COc1ccc(C)cc1S(=O)(=O)Nc1cc(CN2C[C@@H](C)NC[C@@H]2C)c2occc2c1. The summed E-state index contributed by atoms with van der Waals surface area (Å²) in [5.41, 5.74) is 3.09. The summed E-state index contributed by atoms with van der Waals surface area (Å²) in [4.78, 5) is 2.51. The number of piperazine rings is 1. The van der Waals surface area contributed by atoms with Gasteiger partial charge in [-0.25, -0.2) is 8.42 Å². The number of nitrogens with zero attached hydrogens (tertiary/aromatic N) is 1. The highest BCUT2D eigenvalue weighted by Crippen LogP contribution is 2.31. The number of ether oxygens (including phenoxy) is 1. The summed E-state index contributed by atoms with van der Waals surface area (Å²) in [5.74, 6) is 0.311. The van der Waals surface area contributed by atoms with Gasteiger partial charge in [-0.15, -0.1) is 0 Å². The first-order chi connectivity index (χ1) is 14.8. The van der Waals surface area contributed by atoms with Gasteiger partial charge in [-0.05, 0) is 56.7 Å². The van der Waals surface area contributed by atoms with Gasteiger partial charge in [0.15, 0.2) is 0 Å². The van der Waals surface area contributed by atoms with Crippen LogP contribution in [0.4, 0.5) is 5.69 Å². The van der Waals surface area contributed by atoms with E-state index in [1.165, 1.54) is 7.11 Å². The van der Waals surface area contributed by atoms with Crippen molar-refractivity contribution >= 4 is 26.7 Å². The van der Waals surface area contributed by atoms with E-state index in [2.05, 4.69) is 28.8 Å². The molecule has 1 aliphatic rings. The number of methoxy groups -OCH3 is 1. The Morgan fingerprint density at radius 3 is 2.81 bits per heavy atom. The molecule has 1 saturated heterocycles. The van der Waals surface area contributed by atoms with Gasteiger partial charge in [-0.3, -0.25) is 9.62 Å². The van der Waals surface area contributed by atoms with Crippen molar-refractivity contribution in [3.8, 4) is 5.75 Å². The van der Waals surface area contributed by atoms with Gasteiger partial charge in [-0.1, -0.05) is 6.07 Å². The van der Waals surface area contributed by atoms with E-state index < -0.39 is 10.0 Å². The number of furan rings is 1. The molecule has 2 atom stereocenters. The maximum atomic E-state index is 13.2. The molecule has 2 aromatic carbocycles. The molecule has 31 heavy (non-hydrogen) atoms. The maximum absolute atomic E-state index is 13.2. The third kappa shape index (κ3) is 4.56. The van der Waals surface area contributed by atoms with Crippen LogP contribution in [0.1, 0.15) is 25.0 Å². The minimum atomic E-state index is -3.83. The fourth-order valence-electron chi connectivity index (χ4n) is 4.07. The molecule has 0 bridgehead atoms. The molecule has 2 N–H and O–H groups in total. The van der Waals surface area contributed by atoms with Crippen LogP contribution < -0.4 is 14.8 Å². The van der Waals surface area contributed by atoms with Crippen molar-refractivity contribution < 1.29 is 17.6 Å². The molecule has 3 aromatic rings. The van der Waals surface area contributed by atoms with Gasteiger partial charge < -0.3 is 14.5 Å². The molecule has 4 rings (SSSR count). The molecule has 0 spiro atoms. The van der Waals surface area contributed by atoms with Gasteiger partial charge >= 0.3 is 0 Å². The molecular weight excluding hydrogens is 414 g/mol. The monoisotopic (exact) mass is 443 g/mol. The molecule has 0 aliphatic carbocycles. The minimum Gasteiger partial charge on any atom is -0.495 e.